The number of halogens is 2. The van der Waals surface area contributed by atoms with Gasteiger partial charge >= 0.3 is 6.09 Å². The molecule has 2 aromatic heterocycles. The first kappa shape index (κ1) is 33.9. The van der Waals surface area contributed by atoms with Gasteiger partial charge in [-0.3, -0.25) is 14.9 Å². The highest BCUT2D eigenvalue weighted by atomic mass is 32.2. The van der Waals surface area contributed by atoms with Crippen LogP contribution in [0.4, 0.5) is 19.3 Å². The topological polar surface area (TPSA) is 175 Å². The lowest BCUT2D eigenvalue weighted by molar-refractivity contribution is -0.384. The molecule has 5 rings (SSSR count). The van der Waals surface area contributed by atoms with Crippen molar-refractivity contribution in [3.63, 3.8) is 0 Å². The van der Waals surface area contributed by atoms with Crippen molar-refractivity contribution in [3.8, 4) is 0 Å². The summed E-state index contributed by atoms with van der Waals surface area (Å²) in [5.74, 6) is -3.82. The molecule has 0 radical (unpaired) electrons. The number of aromatic nitrogens is 3. The highest BCUT2D eigenvalue weighted by Gasteiger charge is 2.42. The molecule has 0 aliphatic heterocycles. The summed E-state index contributed by atoms with van der Waals surface area (Å²) in [6, 6.07) is 5.20. The normalized spacial score (nSPS) is 18.5. The zero-order chi connectivity index (χ0) is 34.2. The third-order valence-electron chi connectivity index (χ3n) is 8.41. The van der Waals surface area contributed by atoms with Crippen molar-refractivity contribution in [2.24, 2.45) is 11.3 Å². The summed E-state index contributed by atoms with van der Waals surface area (Å²) in [7, 11) is -4.32. The monoisotopic (exact) mass is 674 g/mol. The summed E-state index contributed by atoms with van der Waals surface area (Å²) >= 11 is 0. The lowest BCUT2D eigenvalue weighted by Crippen LogP contribution is -2.43. The molecule has 0 saturated heterocycles. The standard InChI is InChI=1S/C31H36F2N6O7S/c1-29(2,3)46-28(41)36-26(21-10-14-31(32,33)15-11-21)24-19-38-25(35-24)16-20(18-34-38)17-30(12-4-5-13-30)27(40)37-47(44,45)23-8-6-22(7-9-23)39(42)43/h4-9,16,18-19,21,26H,10-15,17H2,1-3H3,(H,36,41)(H,37,40)/t26-/m0/s1. The molecule has 0 spiro atoms. The fraction of sp³-hybridized carbons (Fsp3) is 0.484. The van der Waals surface area contributed by atoms with E-state index >= 15 is 0 Å². The van der Waals surface area contributed by atoms with Crippen molar-refractivity contribution >= 4 is 33.4 Å². The number of hydrogen-bond donors (Lipinski definition) is 2. The van der Waals surface area contributed by atoms with E-state index in [1.165, 1.54) is 10.7 Å². The Hall–Kier alpha value is -4.47. The summed E-state index contributed by atoms with van der Waals surface area (Å²) in [6.07, 6.45) is 6.40. The van der Waals surface area contributed by atoms with E-state index < -0.39 is 49.9 Å². The minimum atomic E-state index is -4.32. The molecule has 2 amide bonds. The maximum Gasteiger partial charge on any atom is 0.408 e. The highest BCUT2D eigenvalue weighted by Crippen LogP contribution is 2.42. The number of hydrogen-bond acceptors (Lipinski definition) is 9. The van der Waals surface area contributed by atoms with Crippen LogP contribution in [0.5, 0.6) is 0 Å². The second-order valence-electron chi connectivity index (χ2n) is 13.2. The molecule has 16 heteroatoms. The van der Waals surface area contributed by atoms with Crippen LogP contribution in [0, 0.1) is 21.4 Å². The Bertz CT molecular complexity index is 1800. The third kappa shape index (κ3) is 7.92. The number of nitro benzene ring substituents is 1. The van der Waals surface area contributed by atoms with Crippen molar-refractivity contribution in [2.75, 3.05) is 0 Å². The summed E-state index contributed by atoms with van der Waals surface area (Å²) in [4.78, 5) is 41.0. The first-order valence-electron chi connectivity index (χ1n) is 15.1. The molecule has 1 aromatic carbocycles. The summed E-state index contributed by atoms with van der Waals surface area (Å²) in [6.45, 7) is 5.16. The van der Waals surface area contributed by atoms with Crippen molar-refractivity contribution in [2.45, 2.75) is 88.2 Å². The fourth-order valence-electron chi connectivity index (χ4n) is 5.98. The Morgan fingerprint density at radius 3 is 2.38 bits per heavy atom. The van der Waals surface area contributed by atoms with Gasteiger partial charge in [-0.1, -0.05) is 12.2 Å². The number of non-ortho nitro benzene ring substituents is 1. The van der Waals surface area contributed by atoms with Crippen LogP contribution in [-0.4, -0.2) is 51.5 Å². The number of alkyl carbamates (subject to hydrolysis) is 1. The molecule has 0 unspecified atom stereocenters. The first-order valence-corrected chi connectivity index (χ1v) is 16.6. The van der Waals surface area contributed by atoms with Crippen LogP contribution < -0.4 is 10.0 Å². The van der Waals surface area contributed by atoms with Crippen molar-refractivity contribution in [3.05, 3.63) is 76.2 Å². The van der Waals surface area contributed by atoms with E-state index in [1.54, 1.807) is 45.2 Å². The van der Waals surface area contributed by atoms with Crippen LogP contribution in [0.25, 0.3) is 5.65 Å². The largest absolute Gasteiger partial charge is 0.444 e. The van der Waals surface area contributed by atoms with Gasteiger partial charge in [0.2, 0.25) is 11.8 Å². The predicted octanol–water partition coefficient (Wildman–Crippen LogP) is 5.41. The quantitative estimate of drug-likeness (QED) is 0.171. The van der Waals surface area contributed by atoms with Crippen LogP contribution in [0.2, 0.25) is 0 Å². The Labute approximate surface area is 270 Å². The first-order chi connectivity index (χ1) is 22.0. The number of sulfonamides is 1. The van der Waals surface area contributed by atoms with E-state index in [1.807, 2.05) is 0 Å². The van der Waals surface area contributed by atoms with Gasteiger partial charge in [-0.15, -0.1) is 0 Å². The SMILES string of the molecule is CC(C)(C)OC(=O)N[C@H](c1cn2ncc(CC3(C(=O)NS(=O)(=O)c4ccc([N+](=O)[O-])cc4)CC=CC3)cc2n1)C1CCC(F)(F)CC1. The van der Waals surface area contributed by atoms with Gasteiger partial charge in [-0.25, -0.2) is 36.2 Å². The van der Waals surface area contributed by atoms with Gasteiger partial charge in [0, 0.05) is 25.0 Å². The number of alkyl halides is 2. The van der Waals surface area contributed by atoms with Gasteiger partial charge in [-0.2, -0.15) is 5.10 Å². The molecule has 2 aliphatic carbocycles. The Morgan fingerprint density at radius 2 is 1.79 bits per heavy atom. The highest BCUT2D eigenvalue weighted by molar-refractivity contribution is 7.90. The number of nitrogens with one attached hydrogen (secondary N) is 2. The number of carbonyl (C=O) groups excluding carboxylic acids is 2. The molecule has 2 N–H and O–H groups in total. The summed E-state index contributed by atoms with van der Waals surface area (Å²) < 4.78 is 63.0. The molecular weight excluding hydrogens is 638 g/mol. The Kier molecular flexibility index (Phi) is 9.10. The summed E-state index contributed by atoms with van der Waals surface area (Å²) in [5.41, 5.74) is -0.826. The van der Waals surface area contributed by atoms with Gasteiger partial charge in [0.15, 0.2) is 5.65 Å². The zero-order valence-electron chi connectivity index (χ0n) is 26.1. The number of imidazole rings is 1. The Morgan fingerprint density at radius 1 is 1.15 bits per heavy atom. The molecule has 2 heterocycles. The number of ether oxygens (including phenoxy) is 1. The van der Waals surface area contributed by atoms with Crippen LogP contribution in [-0.2, 0) is 26.0 Å². The van der Waals surface area contributed by atoms with E-state index in [2.05, 4.69) is 20.1 Å². The number of carbonyl (C=O) groups is 2. The van der Waals surface area contributed by atoms with E-state index in [0.717, 1.165) is 24.3 Å². The van der Waals surface area contributed by atoms with Crippen molar-refractivity contribution in [1.29, 1.82) is 0 Å². The molecule has 1 atom stereocenters. The van der Waals surface area contributed by atoms with Crippen LogP contribution >= 0.6 is 0 Å². The maximum atomic E-state index is 14.0. The average Bonchev–Trinajstić information content (AvgIpc) is 3.63. The van der Waals surface area contributed by atoms with Crippen molar-refractivity contribution in [1.82, 2.24) is 24.6 Å². The lowest BCUT2D eigenvalue weighted by atomic mass is 9.79. The van der Waals surface area contributed by atoms with Gasteiger partial charge in [0.25, 0.3) is 15.7 Å². The molecule has 1 saturated carbocycles. The third-order valence-corrected chi connectivity index (χ3v) is 9.76. The average molecular weight is 675 g/mol. The maximum absolute atomic E-state index is 14.0. The van der Waals surface area contributed by atoms with Gasteiger partial charge < -0.3 is 10.1 Å². The molecule has 47 heavy (non-hydrogen) atoms. The van der Waals surface area contributed by atoms with Crippen molar-refractivity contribution < 1.29 is 36.4 Å². The van der Waals surface area contributed by atoms with Crippen LogP contribution in [0.1, 0.15) is 76.6 Å². The fourth-order valence-corrected chi connectivity index (χ4v) is 7.06. The molecular formula is C31H36F2N6O7S. The van der Waals surface area contributed by atoms with Gasteiger partial charge in [0.1, 0.15) is 5.60 Å². The molecule has 13 nitrogen and oxygen atoms in total. The van der Waals surface area contributed by atoms with Gasteiger partial charge in [-0.05, 0) is 82.6 Å². The molecule has 1 fully saturated rings. The lowest BCUT2D eigenvalue weighted by Gasteiger charge is -2.33. The second-order valence-corrected chi connectivity index (χ2v) is 14.9. The van der Waals surface area contributed by atoms with E-state index in [0.29, 0.717) is 16.9 Å². The summed E-state index contributed by atoms with van der Waals surface area (Å²) in [5, 5.41) is 18.2. The van der Waals surface area contributed by atoms with E-state index in [-0.39, 0.29) is 61.4 Å². The molecule has 0 bridgehead atoms. The van der Waals surface area contributed by atoms with E-state index in [9.17, 15) is 36.9 Å². The number of nitrogens with zero attached hydrogens (tertiary/aromatic N) is 4. The zero-order valence-corrected chi connectivity index (χ0v) is 26.9. The number of allylic oxidation sites excluding steroid dienone is 2. The number of fused-ring (bicyclic) bond motifs is 1. The molecule has 252 valence electrons. The smallest absolute Gasteiger partial charge is 0.408 e. The molecule has 2 aliphatic rings. The molecule has 3 aromatic rings. The van der Waals surface area contributed by atoms with Crippen LogP contribution in [0.15, 0.2) is 59.8 Å². The number of nitro groups is 1. The number of benzene rings is 1. The van der Waals surface area contributed by atoms with Crippen LogP contribution in [0.3, 0.4) is 0 Å². The Balaban J connectivity index is 1.37. The minimum Gasteiger partial charge on any atom is -0.444 e. The predicted molar refractivity (Wildman–Crippen MR) is 165 cm³/mol. The number of amides is 2. The number of rotatable bonds is 9. The second kappa shape index (κ2) is 12.6. The minimum absolute atomic E-state index is 0.116. The van der Waals surface area contributed by atoms with E-state index in [4.69, 9.17) is 4.74 Å². The van der Waals surface area contributed by atoms with Gasteiger partial charge in [0.05, 0.1) is 39.4 Å².